The number of para-hydroxylation sites is 1. The Balaban J connectivity index is 1.72. The monoisotopic (exact) mass is 398 g/mol. The van der Waals surface area contributed by atoms with Crippen LogP contribution in [-0.4, -0.2) is 30.6 Å². The zero-order chi connectivity index (χ0) is 20.3. The number of fused-ring (bicyclic) bond motifs is 1. The molecule has 1 heterocycles. The summed E-state index contributed by atoms with van der Waals surface area (Å²) in [7, 11) is 1.48. The van der Waals surface area contributed by atoms with Crippen molar-refractivity contribution in [2.75, 3.05) is 19.0 Å². The maximum absolute atomic E-state index is 12.5. The van der Waals surface area contributed by atoms with Crippen molar-refractivity contribution in [2.24, 2.45) is 0 Å². The molecule has 0 aliphatic carbocycles. The summed E-state index contributed by atoms with van der Waals surface area (Å²) in [4.78, 5) is 29.2. The van der Waals surface area contributed by atoms with Gasteiger partial charge in [-0.2, -0.15) is 0 Å². The number of esters is 1. The van der Waals surface area contributed by atoms with Gasteiger partial charge < -0.3 is 14.8 Å². The number of pyridine rings is 1. The third-order valence-corrected chi connectivity index (χ3v) is 4.56. The molecule has 0 radical (unpaired) electrons. The van der Waals surface area contributed by atoms with E-state index in [1.165, 1.54) is 7.11 Å². The molecule has 144 valence electrons. The Labute approximate surface area is 167 Å². The Morgan fingerprint density at radius 3 is 2.64 bits per heavy atom. The van der Waals surface area contributed by atoms with Crippen LogP contribution in [-0.2, 0) is 9.53 Å². The van der Waals surface area contributed by atoms with E-state index < -0.39 is 18.5 Å². The summed E-state index contributed by atoms with van der Waals surface area (Å²) in [6.45, 7) is 3.18. The van der Waals surface area contributed by atoms with Crippen LogP contribution in [0, 0.1) is 13.8 Å². The lowest BCUT2D eigenvalue weighted by Gasteiger charge is -2.13. The summed E-state index contributed by atoms with van der Waals surface area (Å²) in [5.74, 6) is -0.648. The molecule has 0 aliphatic rings. The highest BCUT2D eigenvalue weighted by atomic mass is 35.5. The second kappa shape index (κ2) is 8.27. The molecule has 0 atom stereocenters. The topological polar surface area (TPSA) is 77.5 Å². The van der Waals surface area contributed by atoms with Gasteiger partial charge in [-0.15, -0.1) is 0 Å². The Bertz CT molecular complexity index is 1070. The number of rotatable bonds is 5. The Morgan fingerprint density at radius 2 is 1.89 bits per heavy atom. The lowest BCUT2D eigenvalue weighted by molar-refractivity contribution is -0.119. The second-order valence-electron chi connectivity index (χ2n) is 6.25. The number of aromatic nitrogens is 1. The van der Waals surface area contributed by atoms with Gasteiger partial charge >= 0.3 is 5.97 Å². The maximum Gasteiger partial charge on any atom is 0.339 e. The standard InChI is InChI=1S/C21H19ClN2O4/c1-12-8-18(19(27-3)10-16(12)22)24-20(25)11-28-21(26)15-9-13(2)23-17-7-5-4-6-14(15)17/h4-10H,11H2,1-3H3,(H,24,25). The zero-order valence-electron chi connectivity index (χ0n) is 15.7. The largest absolute Gasteiger partial charge is 0.495 e. The van der Waals surface area contributed by atoms with E-state index >= 15 is 0 Å². The SMILES string of the molecule is COc1cc(Cl)c(C)cc1NC(=O)COC(=O)c1cc(C)nc2ccccc12. The highest BCUT2D eigenvalue weighted by molar-refractivity contribution is 6.31. The molecule has 28 heavy (non-hydrogen) atoms. The van der Waals surface area contributed by atoms with Gasteiger partial charge in [-0.05, 0) is 37.6 Å². The van der Waals surface area contributed by atoms with Crippen LogP contribution < -0.4 is 10.1 Å². The number of anilines is 1. The first-order valence-electron chi connectivity index (χ1n) is 8.56. The van der Waals surface area contributed by atoms with Crippen molar-refractivity contribution in [1.82, 2.24) is 4.98 Å². The highest BCUT2D eigenvalue weighted by Crippen LogP contribution is 2.30. The molecule has 0 spiro atoms. The third kappa shape index (κ3) is 4.23. The first-order valence-corrected chi connectivity index (χ1v) is 8.94. The summed E-state index contributed by atoms with van der Waals surface area (Å²) in [6.07, 6.45) is 0. The second-order valence-corrected chi connectivity index (χ2v) is 6.66. The summed E-state index contributed by atoms with van der Waals surface area (Å²) in [6, 6.07) is 12.2. The highest BCUT2D eigenvalue weighted by Gasteiger charge is 2.16. The number of hydrogen-bond acceptors (Lipinski definition) is 5. The molecule has 0 fully saturated rings. The third-order valence-electron chi connectivity index (χ3n) is 4.15. The van der Waals surface area contributed by atoms with Crippen LogP contribution in [0.15, 0.2) is 42.5 Å². The number of nitrogens with zero attached hydrogens (tertiary/aromatic N) is 1. The van der Waals surface area contributed by atoms with Gasteiger partial charge in [0.15, 0.2) is 6.61 Å². The summed E-state index contributed by atoms with van der Waals surface area (Å²) in [5, 5.41) is 3.88. The smallest absolute Gasteiger partial charge is 0.339 e. The quantitative estimate of drug-likeness (QED) is 0.648. The van der Waals surface area contributed by atoms with Crippen LogP contribution in [0.25, 0.3) is 10.9 Å². The van der Waals surface area contributed by atoms with Crippen molar-refractivity contribution in [3.63, 3.8) is 0 Å². The number of methoxy groups -OCH3 is 1. The van der Waals surface area contributed by atoms with Crippen molar-refractivity contribution in [3.8, 4) is 5.75 Å². The first-order chi connectivity index (χ1) is 13.4. The minimum absolute atomic E-state index is 0.371. The predicted molar refractivity (Wildman–Crippen MR) is 108 cm³/mol. The molecule has 6 nitrogen and oxygen atoms in total. The van der Waals surface area contributed by atoms with Crippen molar-refractivity contribution >= 4 is 40.1 Å². The lowest BCUT2D eigenvalue weighted by Crippen LogP contribution is -2.21. The number of benzene rings is 2. The molecule has 0 unspecified atom stereocenters. The summed E-state index contributed by atoms with van der Waals surface area (Å²) < 4.78 is 10.4. The van der Waals surface area contributed by atoms with Crippen LogP contribution in [0.4, 0.5) is 5.69 Å². The van der Waals surface area contributed by atoms with Crippen molar-refractivity contribution in [1.29, 1.82) is 0 Å². The van der Waals surface area contributed by atoms with Crippen LogP contribution in [0.3, 0.4) is 0 Å². The van der Waals surface area contributed by atoms with Crippen molar-refractivity contribution in [3.05, 3.63) is 64.3 Å². The van der Waals surface area contributed by atoms with Gasteiger partial charge in [-0.25, -0.2) is 4.79 Å². The van der Waals surface area contributed by atoms with E-state index in [2.05, 4.69) is 10.3 Å². The van der Waals surface area contributed by atoms with Crippen molar-refractivity contribution in [2.45, 2.75) is 13.8 Å². The molecule has 0 saturated carbocycles. The predicted octanol–water partition coefficient (Wildman–Crippen LogP) is 4.31. The van der Waals surface area contributed by atoms with Gasteiger partial charge in [0.05, 0.1) is 23.9 Å². The number of carbonyl (C=O) groups excluding carboxylic acids is 2. The lowest BCUT2D eigenvalue weighted by atomic mass is 10.1. The molecule has 1 N–H and O–H groups in total. The van der Waals surface area contributed by atoms with Crippen LogP contribution >= 0.6 is 11.6 Å². The van der Waals surface area contributed by atoms with Gasteiger partial charge in [0, 0.05) is 22.2 Å². The van der Waals surface area contributed by atoms with Crippen LogP contribution in [0.1, 0.15) is 21.6 Å². The van der Waals surface area contributed by atoms with E-state index in [-0.39, 0.29) is 0 Å². The van der Waals surface area contributed by atoms with E-state index in [1.54, 1.807) is 31.2 Å². The zero-order valence-corrected chi connectivity index (χ0v) is 16.5. The molecular formula is C21H19ClN2O4. The number of ether oxygens (including phenoxy) is 2. The molecule has 1 amide bonds. The van der Waals surface area contributed by atoms with Crippen molar-refractivity contribution < 1.29 is 19.1 Å². The maximum atomic E-state index is 12.5. The molecule has 3 aromatic rings. The first kappa shape index (κ1) is 19.6. The molecule has 0 saturated heterocycles. The Hall–Kier alpha value is -3.12. The van der Waals surface area contributed by atoms with Gasteiger partial charge in [0.25, 0.3) is 5.91 Å². The van der Waals surface area contributed by atoms with Gasteiger partial charge in [0.2, 0.25) is 0 Å². The summed E-state index contributed by atoms with van der Waals surface area (Å²) in [5.41, 5.74) is 3.00. The van der Waals surface area contributed by atoms with Crippen LogP contribution in [0.2, 0.25) is 5.02 Å². The average Bonchev–Trinajstić information content (AvgIpc) is 2.68. The minimum atomic E-state index is -0.587. The average molecular weight is 399 g/mol. The fourth-order valence-electron chi connectivity index (χ4n) is 2.80. The van der Waals surface area contributed by atoms with E-state index in [0.29, 0.717) is 38.6 Å². The number of aryl methyl sites for hydroxylation is 2. The van der Waals surface area contributed by atoms with E-state index in [4.69, 9.17) is 21.1 Å². The molecule has 7 heteroatoms. The fourth-order valence-corrected chi connectivity index (χ4v) is 2.96. The minimum Gasteiger partial charge on any atom is -0.495 e. The number of hydrogen-bond donors (Lipinski definition) is 1. The number of nitrogens with one attached hydrogen (secondary N) is 1. The van der Waals surface area contributed by atoms with E-state index in [0.717, 1.165) is 5.56 Å². The van der Waals surface area contributed by atoms with E-state index in [1.807, 2.05) is 25.1 Å². The molecule has 2 aromatic carbocycles. The molecule has 3 rings (SSSR count). The van der Waals surface area contributed by atoms with Gasteiger partial charge in [0.1, 0.15) is 5.75 Å². The number of halogens is 1. The number of carbonyl (C=O) groups is 2. The summed E-state index contributed by atoms with van der Waals surface area (Å²) >= 11 is 6.06. The molecule has 0 aliphatic heterocycles. The van der Waals surface area contributed by atoms with Gasteiger partial charge in [-0.3, -0.25) is 9.78 Å². The Kier molecular flexibility index (Phi) is 5.80. The Morgan fingerprint density at radius 1 is 1.14 bits per heavy atom. The molecular weight excluding hydrogens is 380 g/mol. The fraction of sp³-hybridized carbons (Fsp3) is 0.190. The van der Waals surface area contributed by atoms with Crippen LogP contribution in [0.5, 0.6) is 5.75 Å². The molecule has 1 aromatic heterocycles. The number of amides is 1. The molecule has 0 bridgehead atoms. The normalized spacial score (nSPS) is 10.6. The van der Waals surface area contributed by atoms with E-state index in [9.17, 15) is 9.59 Å². The van der Waals surface area contributed by atoms with Gasteiger partial charge in [-0.1, -0.05) is 29.8 Å².